The molecule has 0 fully saturated rings. The molecular formula is C36H23F3N2O. The summed E-state index contributed by atoms with van der Waals surface area (Å²) in [5.74, 6) is 0. The molecule has 0 saturated carbocycles. The van der Waals surface area contributed by atoms with Gasteiger partial charge in [0.25, 0.3) is 0 Å². The van der Waals surface area contributed by atoms with Crippen molar-refractivity contribution in [2.45, 2.75) is 25.4 Å². The summed E-state index contributed by atoms with van der Waals surface area (Å²) in [5.41, 5.74) is 2.64. The van der Waals surface area contributed by atoms with E-state index >= 15 is 0 Å². The fourth-order valence-corrected chi connectivity index (χ4v) is 5.85. The van der Waals surface area contributed by atoms with Gasteiger partial charge in [0.2, 0.25) is 0 Å². The van der Waals surface area contributed by atoms with E-state index in [1.54, 1.807) is 30.5 Å². The van der Waals surface area contributed by atoms with E-state index in [4.69, 9.17) is 4.42 Å². The summed E-state index contributed by atoms with van der Waals surface area (Å²) in [7, 11) is 0. The lowest BCUT2D eigenvalue weighted by Crippen LogP contribution is -2.36. The van der Waals surface area contributed by atoms with Crippen LogP contribution in [0.4, 0.5) is 13.2 Å². The first-order valence-corrected chi connectivity index (χ1v) is 13.5. The van der Waals surface area contributed by atoms with Gasteiger partial charge in [-0.2, -0.15) is 18.4 Å². The van der Waals surface area contributed by atoms with Gasteiger partial charge in [-0.25, -0.2) is 0 Å². The third kappa shape index (κ3) is 3.85. The summed E-state index contributed by atoms with van der Waals surface area (Å²) in [5, 5.41) is 15.2. The molecule has 6 heteroatoms. The Hall–Kier alpha value is -5.15. The third-order valence-electron chi connectivity index (χ3n) is 8.25. The Kier molecular flexibility index (Phi) is 5.64. The lowest BCUT2D eigenvalue weighted by Gasteiger charge is -2.30. The highest BCUT2D eigenvalue weighted by Crippen LogP contribution is 2.45. The van der Waals surface area contributed by atoms with Crippen LogP contribution in [-0.2, 0) is 5.41 Å². The molecule has 204 valence electrons. The normalized spacial score (nSPS) is 12.4. The largest absolute Gasteiger partial charge is 0.455 e. The van der Waals surface area contributed by atoms with Crippen LogP contribution in [-0.4, -0.2) is 11.2 Å². The van der Waals surface area contributed by atoms with Gasteiger partial charge >= 0.3 is 6.18 Å². The van der Waals surface area contributed by atoms with E-state index in [1.165, 1.54) is 19.9 Å². The average molecular weight is 557 g/mol. The second-order valence-corrected chi connectivity index (χ2v) is 11.0. The van der Waals surface area contributed by atoms with Crippen molar-refractivity contribution in [2.75, 3.05) is 0 Å². The molecule has 2 heterocycles. The van der Waals surface area contributed by atoms with E-state index in [0.717, 1.165) is 43.5 Å². The minimum absolute atomic E-state index is 0.203. The molecule has 0 amide bonds. The molecule has 0 aliphatic carbocycles. The number of alkyl halides is 3. The van der Waals surface area contributed by atoms with Gasteiger partial charge in [-0.15, -0.1) is 0 Å². The minimum Gasteiger partial charge on any atom is -0.455 e. The summed E-state index contributed by atoms with van der Waals surface area (Å²) >= 11 is 0. The molecule has 0 saturated heterocycles. The topological polar surface area (TPSA) is 49.8 Å². The lowest BCUT2D eigenvalue weighted by atomic mass is 9.79. The standard InChI is InChI=1S/C36H23F3N2O/c1-35(2,36(37,38)39)30-9-4-3-6-25(30)24-16-17-41-31(19-24)29-8-5-7-27-28-15-13-22-11-12-23-18-21(20-40)10-14-26(23)32(22)34(28)42-33(27)29/h3-19H,1-2H3. The number of aromatic nitrogens is 1. The molecule has 2 aromatic heterocycles. The number of nitrogens with zero attached hydrogens (tertiary/aromatic N) is 2. The van der Waals surface area contributed by atoms with Crippen molar-refractivity contribution in [1.29, 1.82) is 5.26 Å². The van der Waals surface area contributed by atoms with Gasteiger partial charge in [0.05, 0.1) is 22.7 Å². The zero-order valence-electron chi connectivity index (χ0n) is 22.8. The average Bonchev–Trinajstić information content (AvgIpc) is 3.39. The summed E-state index contributed by atoms with van der Waals surface area (Å²) in [6.45, 7) is 2.41. The highest BCUT2D eigenvalue weighted by molar-refractivity contribution is 6.24. The van der Waals surface area contributed by atoms with Crippen molar-refractivity contribution in [1.82, 2.24) is 4.98 Å². The molecule has 0 aliphatic rings. The Bertz CT molecular complexity index is 2240. The van der Waals surface area contributed by atoms with Crippen LogP contribution in [0.3, 0.4) is 0 Å². The molecule has 0 atom stereocenters. The number of hydrogen-bond acceptors (Lipinski definition) is 3. The second kappa shape index (κ2) is 9.19. The van der Waals surface area contributed by atoms with Gasteiger partial charge < -0.3 is 4.42 Å². The van der Waals surface area contributed by atoms with Gasteiger partial charge in [0.1, 0.15) is 11.2 Å². The molecule has 0 spiro atoms. The minimum atomic E-state index is -4.41. The summed E-state index contributed by atoms with van der Waals surface area (Å²) in [4.78, 5) is 4.61. The van der Waals surface area contributed by atoms with Crippen molar-refractivity contribution in [3.05, 3.63) is 114 Å². The number of hydrogen-bond donors (Lipinski definition) is 0. The van der Waals surface area contributed by atoms with Crippen LogP contribution in [0, 0.1) is 11.3 Å². The van der Waals surface area contributed by atoms with Crippen molar-refractivity contribution in [2.24, 2.45) is 0 Å². The van der Waals surface area contributed by atoms with Gasteiger partial charge in [-0.3, -0.25) is 4.98 Å². The molecule has 3 nitrogen and oxygen atoms in total. The molecule has 5 aromatic carbocycles. The number of benzene rings is 5. The predicted octanol–water partition coefficient (Wildman–Crippen LogP) is 10.3. The number of nitriles is 1. The van der Waals surface area contributed by atoms with Crippen LogP contribution in [0.1, 0.15) is 25.0 Å². The zero-order valence-corrected chi connectivity index (χ0v) is 22.8. The van der Waals surface area contributed by atoms with Gasteiger partial charge in [0.15, 0.2) is 0 Å². The SMILES string of the molecule is CC(C)(c1ccccc1-c1ccnc(-c2cccc3c2oc2c3ccc3ccc4cc(C#N)ccc4c32)c1)C(F)(F)F. The molecule has 7 aromatic rings. The van der Waals surface area contributed by atoms with E-state index in [2.05, 4.69) is 17.1 Å². The van der Waals surface area contributed by atoms with Crippen LogP contribution >= 0.6 is 0 Å². The summed E-state index contributed by atoms with van der Waals surface area (Å²) < 4.78 is 48.8. The summed E-state index contributed by atoms with van der Waals surface area (Å²) in [6.07, 6.45) is -2.79. The van der Waals surface area contributed by atoms with Crippen molar-refractivity contribution < 1.29 is 17.6 Å². The number of rotatable bonds is 3. The molecule has 0 unspecified atom stereocenters. The molecule has 0 N–H and O–H groups in total. The monoisotopic (exact) mass is 556 g/mol. The van der Waals surface area contributed by atoms with E-state index in [9.17, 15) is 18.4 Å². The van der Waals surface area contributed by atoms with Gasteiger partial charge in [-0.1, -0.05) is 60.7 Å². The first-order valence-electron chi connectivity index (χ1n) is 13.5. The number of halogens is 3. The van der Waals surface area contributed by atoms with Crippen molar-refractivity contribution in [3.8, 4) is 28.5 Å². The Labute approximate surface area is 239 Å². The molecule has 7 rings (SSSR count). The van der Waals surface area contributed by atoms with Crippen molar-refractivity contribution in [3.63, 3.8) is 0 Å². The maximum absolute atomic E-state index is 14.0. The first-order chi connectivity index (χ1) is 20.2. The summed E-state index contributed by atoms with van der Waals surface area (Å²) in [6, 6.07) is 32.0. The van der Waals surface area contributed by atoms with Crippen molar-refractivity contribution >= 4 is 43.5 Å². The molecule has 0 radical (unpaired) electrons. The highest BCUT2D eigenvalue weighted by atomic mass is 19.4. The Morgan fingerprint density at radius 1 is 0.714 bits per heavy atom. The van der Waals surface area contributed by atoms with E-state index in [-0.39, 0.29) is 5.56 Å². The number of para-hydroxylation sites is 1. The maximum Gasteiger partial charge on any atom is 0.397 e. The van der Waals surface area contributed by atoms with Crippen LogP contribution in [0.25, 0.3) is 65.9 Å². The van der Waals surface area contributed by atoms with Crippen LogP contribution in [0.5, 0.6) is 0 Å². The third-order valence-corrected chi connectivity index (χ3v) is 8.25. The van der Waals surface area contributed by atoms with E-state index in [0.29, 0.717) is 28.0 Å². The van der Waals surface area contributed by atoms with Crippen LogP contribution in [0.2, 0.25) is 0 Å². The fraction of sp³-hybridized carbons (Fsp3) is 0.111. The van der Waals surface area contributed by atoms with Crippen LogP contribution in [0.15, 0.2) is 108 Å². The maximum atomic E-state index is 14.0. The van der Waals surface area contributed by atoms with Crippen LogP contribution < -0.4 is 0 Å². The number of pyridine rings is 1. The fourth-order valence-electron chi connectivity index (χ4n) is 5.85. The highest BCUT2D eigenvalue weighted by Gasteiger charge is 2.49. The molecule has 42 heavy (non-hydrogen) atoms. The van der Waals surface area contributed by atoms with E-state index < -0.39 is 11.6 Å². The Balaban J connectivity index is 1.45. The zero-order chi connectivity index (χ0) is 29.2. The van der Waals surface area contributed by atoms with Gasteiger partial charge in [0, 0.05) is 27.9 Å². The Morgan fingerprint density at radius 2 is 1.43 bits per heavy atom. The number of fused-ring (bicyclic) bond motifs is 7. The molecule has 0 aliphatic heterocycles. The number of furan rings is 1. The lowest BCUT2D eigenvalue weighted by molar-refractivity contribution is -0.180. The molecular weight excluding hydrogens is 533 g/mol. The smallest absolute Gasteiger partial charge is 0.397 e. The quantitative estimate of drug-likeness (QED) is 0.203. The second-order valence-electron chi connectivity index (χ2n) is 11.0. The first kappa shape index (κ1) is 25.8. The molecule has 0 bridgehead atoms. The van der Waals surface area contributed by atoms with E-state index in [1.807, 2.05) is 60.7 Å². The Morgan fingerprint density at radius 3 is 2.24 bits per heavy atom. The van der Waals surface area contributed by atoms with Gasteiger partial charge in [-0.05, 0) is 83.1 Å². The predicted molar refractivity (Wildman–Crippen MR) is 161 cm³/mol.